The summed E-state index contributed by atoms with van der Waals surface area (Å²) in [6.07, 6.45) is 1.75. The lowest BCUT2D eigenvalue weighted by molar-refractivity contribution is 0.116. The summed E-state index contributed by atoms with van der Waals surface area (Å²) in [6, 6.07) is 0. The SMILES string of the molecule is COc1c(C)ncc(Br)c1C(C)OC. The molecule has 0 bridgehead atoms. The Morgan fingerprint density at radius 3 is 2.57 bits per heavy atom. The molecule has 1 heterocycles. The van der Waals surface area contributed by atoms with Gasteiger partial charge in [-0.15, -0.1) is 0 Å². The summed E-state index contributed by atoms with van der Waals surface area (Å²) in [6.45, 7) is 3.89. The number of pyridine rings is 1. The van der Waals surface area contributed by atoms with Crippen molar-refractivity contribution < 1.29 is 9.47 Å². The maximum Gasteiger partial charge on any atom is 0.146 e. The number of aryl methyl sites for hydroxylation is 1. The molecule has 0 amide bonds. The fraction of sp³-hybridized carbons (Fsp3) is 0.500. The second kappa shape index (κ2) is 4.75. The molecular weight excluding hydrogens is 246 g/mol. The third-order valence-electron chi connectivity index (χ3n) is 2.17. The van der Waals surface area contributed by atoms with Gasteiger partial charge in [0.2, 0.25) is 0 Å². The molecule has 0 saturated heterocycles. The molecule has 1 rings (SSSR count). The lowest BCUT2D eigenvalue weighted by Gasteiger charge is -2.17. The van der Waals surface area contributed by atoms with Crippen molar-refractivity contribution in [1.29, 1.82) is 0 Å². The molecule has 1 atom stereocenters. The zero-order valence-electron chi connectivity index (χ0n) is 8.80. The van der Waals surface area contributed by atoms with Gasteiger partial charge in [0.15, 0.2) is 0 Å². The van der Waals surface area contributed by atoms with E-state index in [0.717, 1.165) is 21.5 Å². The Morgan fingerprint density at radius 1 is 1.43 bits per heavy atom. The summed E-state index contributed by atoms with van der Waals surface area (Å²) in [4.78, 5) is 4.20. The molecule has 78 valence electrons. The van der Waals surface area contributed by atoms with Gasteiger partial charge in [0, 0.05) is 23.3 Å². The number of hydrogen-bond donors (Lipinski definition) is 0. The van der Waals surface area contributed by atoms with Crippen LogP contribution in [0.1, 0.15) is 24.3 Å². The fourth-order valence-electron chi connectivity index (χ4n) is 1.34. The van der Waals surface area contributed by atoms with Gasteiger partial charge in [-0.25, -0.2) is 0 Å². The van der Waals surface area contributed by atoms with Crippen molar-refractivity contribution in [3.63, 3.8) is 0 Å². The Morgan fingerprint density at radius 2 is 2.07 bits per heavy atom. The second-order valence-corrected chi connectivity index (χ2v) is 3.87. The molecule has 0 aliphatic heterocycles. The van der Waals surface area contributed by atoms with Gasteiger partial charge >= 0.3 is 0 Å². The van der Waals surface area contributed by atoms with Crippen molar-refractivity contribution in [2.75, 3.05) is 14.2 Å². The predicted octanol–water partition coefficient (Wildman–Crippen LogP) is 2.87. The van der Waals surface area contributed by atoms with Crippen LogP contribution in [0.25, 0.3) is 0 Å². The lowest BCUT2D eigenvalue weighted by Crippen LogP contribution is -2.03. The highest BCUT2D eigenvalue weighted by Gasteiger charge is 2.17. The van der Waals surface area contributed by atoms with Gasteiger partial charge in [0.1, 0.15) is 5.75 Å². The van der Waals surface area contributed by atoms with Crippen LogP contribution in [-0.4, -0.2) is 19.2 Å². The quantitative estimate of drug-likeness (QED) is 0.837. The highest BCUT2D eigenvalue weighted by Crippen LogP contribution is 2.34. The zero-order chi connectivity index (χ0) is 10.7. The van der Waals surface area contributed by atoms with Gasteiger partial charge < -0.3 is 9.47 Å². The molecule has 0 aromatic carbocycles. The van der Waals surface area contributed by atoms with Crippen molar-refractivity contribution in [2.24, 2.45) is 0 Å². The highest BCUT2D eigenvalue weighted by molar-refractivity contribution is 9.10. The summed E-state index contributed by atoms with van der Waals surface area (Å²) in [7, 11) is 3.31. The van der Waals surface area contributed by atoms with Gasteiger partial charge in [-0.2, -0.15) is 0 Å². The minimum atomic E-state index is -0.0129. The molecule has 1 aromatic rings. The van der Waals surface area contributed by atoms with E-state index in [2.05, 4.69) is 20.9 Å². The van der Waals surface area contributed by atoms with E-state index < -0.39 is 0 Å². The average molecular weight is 260 g/mol. The normalized spacial score (nSPS) is 12.6. The smallest absolute Gasteiger partial charge is 0.146 e. The number of nitrogens with zero attached hydrogens (tertiary/aromatic N) is 1. The first kappa shape index (κ1) is 11.5. The molecule has 0 saturated carbocycles. The molecule has 0 spiro atoms. The molecule has 3 nitrogen and oxygen atoms in total. The molecule has 0 aliphatic carbocycles. The van der Waals surface area contributed by atoms with Crippen LogP contribution in [0.15, 0.2) is 10.7 Å². The maximum atomic E-state index is 5.31. The number of rotatable bonds is 3. The van der Waals surface area contributed by atoms with E-state index in [1.54, 1.807) is 20.4 Å². The molecule has 4 heteroatoms. The van der Waals surface area contributed by atoms with Crippen molar-refractivity contribution in [2.45, 2.75) is 20.0 Å². The van der Waals surface area contributed by atoms with E-state index in [1.165, 1.54) is 0 Å². The Hall–Kier alpha value is -0.610. The van der Waals surface area contributed by atoms with Gasteiger partial charge in [0.25, 0.3) is 0 Å². The highest BCUT2D eigenvalue weighted by atomic mass is 79.9. The summed E-state index contributed by atoms with van der Waals surface area (Å²) in [5, 5.41) is 0. The molecule has 0 N–H and O–H groups in total. The summed E-state index contributed by atoms with van der Waals surface area (Å²) in [5.74, 6) is 0.786. The number of hydrogen-bond acceptors (Lipinski definition) is 3. The van der Waals surface area contributed by atoms with Crippen molar-refractivity contribution in [3.05, 3.63) is 21.9 Å². The number of ether oxygens (including phenoxy) is 2. The summed E-state index contributed by atoms with van der Waals surface area (Å²) in [5.41, 5.74) is 1.87. The Balaban J connectivity index is 3.29. The van der Waals surface area contributed by atoms with Crippen LogP contribution in [-0.2, 0) is 4.74 Å². The van der Waals surface area contributed by atoms with Crippen LogP contribution in [0.5, 0.6) is 5.75 Å². The second-order valence-electron chi connectivity index (χ2n) is 3.02. The number of aromatic nitrogens is 1. The van der Waals surface area contributed by atoms with E-state index in [4.69, 9.17) is 9.47 Å². The van der Waals surface area contributed by atoms with E-state index in [-0.39, 0.29) is 6.10 Å². The monoisotopic (exact) mass is 259 g/mol. The zero-order valence-corrected chi connectivity index (χ0v) is 10.4. The minimum absolute atomic E-state index is 0.0129. The van der Waals surface area contributed by atoms with Gasteiger partial charge in [-0.1, -0.05) is 0 Å². The fourth-order valence-corrected chi connectivity index (χ4v) is 1.94. The Labute approximate surface area is 92.6 Å². The van der Waals surface area contributed by atoms with E-state index in [0.29, 0.717) is 0 Å². The van der Waals surface area contributed by atoms with Crippen LogP contribution in [0.3, 0.4) is 0 Å². The molecular formula is C10H14BrNO2. The van der Waals surface area contributed by atoms with Gasteiger partial charge in [-0.05, 0) is 29.8 Å². The number of halogens is 1. The third-order valence-corrected chi connectivity index (χ3v) is 2.80. The number of methoxy groups -OCH3 is 2. The van der Waals surface area contributed by atoms with Gasteiger partial charge in [-0.3, -0.25) is 4.98 Å². The maximum absolute atomic E-state index is 5.31. The molecule has 0 fully saturated rings. The standard InChI is InChI=1S/C10H14BrNO2/c1-6-10(14-4)9(7(2)13-3)8(11)5-12-6/h5,7H,1-4H3. The molecule has 1 aromatic heterocycles. The average Bonchev–Trinajstić information content (AvgIpc) is 2.19. The molecule has 1 unspecified atom stereocenters. The van der Waals surface area contributed by atoms with E-state index in [1.807, 2.05) is 13.8 Å². The molecule has 0 radical (unpaired) electrons. The molecule has 0 aliphatic rings. The summed E-state index contributed by atoms with van der Waals surface area (Å²) >= 11 is 3.44. The minimum Gasteiger partial charge on any atom is -0.494 e. The van der Waals surface area contributed by atoms with Gasteiger partial charge in [0.05, 0.1) is 18.9 Å². The largest absolute Gasteiger partial charge is 0.494 e. The predicted molar refractivity (Wildman–Crippen MR) is 58.7 cm³/mol. The van der Waals surface area contributed by atoms with E-state index in [9.17, 15) is 0 Å². The summed E-state index contributed by atoms with van der Waals surface area (Å²) < 4.78 is 11.5. The van der Waals surface area contributed by atoms with E-state index >= 15 is 0 Å². The first-order valence-corrected chi connectivity index (χ1v) is 5.12. The van der Waals surface area contributed by atoms with Crippen molar-refractivity contribution in [3.8, 4) is 5.75 Å². The third kappa shape index (κ3) is 2.07. The van der Waals surface area contributed by atoms with Crippen LogP contribution >= 0.6 is 15.9 Å². The first-order valence-electron chi connectivity index (χ1n) is 4.33. The van der Waals surface area contributed by atoms with Crippen LogP contribution in [0.2, 0.25) is 0 Å². The van der Waals surface area contributed by atoms with Crippen LogP contribution in [0.4, 0.5) is 0 Å². The van der Waals surface area contributed by atoms with Crippen molar-refractivity contribution in [1.82, 2.24) is 4.98 Å². The lowest BCUT2D eigenvalue weighted by atomic mass is 10.1. The first-order chi connectivity index (χ1) is 6.61. The van der Waals surface area contributed by atoms with Crippen LogP contribution in [0, 0.1) is 6.92 Å². The van der Waals surface area contributed by atoms with Crippen molar-refractivity contribution >= 4 is 15.9 Å². The Bertz CT molecular complexity index is 328. The Kier molecular flexibility index (Phi) is 3.89. The van der Waals surface area contributed by atoms with Crippen LogP contribution < -0.4 is 4.74 Å². The molecule has 14 heavy (non-hydrogen) atoms. The topological polar surface area (TPSA) is 31.4 Å².